The average molecular weight is 434 g/mol. The van der Waals surface area contributed by atoms with Crippen molar-refractivity contribution in [1.29, 1.82) is 0 Å². The molecule has 32 heavy (non-hydrogen) atoms. The number of esters is 1. The lowest BCUT2D eigenvalue weighted by Crippen LogP contribution is -2.51. The minimum Gasteiger partial charge on any atom is -0.467 e. The van der Waals surface area contributed by atoms with Crippen molar-refractivity contribution in [3.05, 3.63) is 71.8 Å². The number of alkyl carbamates (subject to hydrolysis) is 1. The summed E-state index contributed by atoms with van der Waals surface area (Å²) in [5, 5.41) is 5.25. The zero-order chi connectivity index (χ0) is 22.5. The number of allylic oxidation sites excluding steroid dienone is 1. The van der Waals surface area contributed by atoms with E-state index in [1.807, 2.05) is 42.5 Å². The molecule has 7 heteroatoms. The molecule has 4 rings (SSSR count). The molecule has 2 amide bonds. The average Bonchev–Trinajstić information content (AvgIpc) is 3.17. The Balaban J connectivity index is 1.42. The third-order valence-electron chi connectivity index (χ3n) is 5.89. The zero-order valence-electron chi connectivity index (χ0n) is 17.9. The highest BCUT2D eigenvalue weighted by Gasteiger charge is 2.30. The van der Waals surface area contributed by atoms with Crippen LogP contribution in [0.3, 0.4) is 0 Å². The van der Waals surface area contributed by atoms with E-state index in [0.717, 1.165) is 22.3 Å². The van der Waals surface area contributed by atoms with Crippen molar-refractivity contribution in [2.75, 3.05) is 13.7 Å². The van der Waals surface area contributed by atoms with Gasteiger partial charge < -0.3 is 20.1 Å². The van der Waals surface area contributed by atoms with Gasteiger partial charge in [-0.15, -0.1) is 0 Å². The first-order valence-electron chi connectivity index (χ1n) is 10.7. The number of ether oxygens (including phenoxy) is 2. The minimum atomic E-state index is -0.934. The van der Waals surface area contributed by atoms with Gasteiger partial charge in [-0.3, -0.25) is 4.79 Å². The van der Waals surface area contributed by atoms with Crippen molar-refractivity contribution in [3.8, 4) is 11.1 Å². The number of carbonyl (C=O) groups is 3. The van der Waals surface area contributed by atoms with Crippen molar-refractivity contribution in [2.24, 2.45) is 0 Å². The van der Waals surface area contributed by atoms with Gasteiger partial charge in [0.05, 0.1) is 7.11 Å². The number of hydrogen-bond donors (Lipinski definition) is 2. The second-order valence-corrected chi connectivity index (χ2v) is 7.89. The quantitative estimate of drug-likeness (QED) is 0.569. The normalized spacial score (nSPS) is 21.1. The Kier molecular flexibility index (Phi) is 6.54. The molecule has 7 nitrogen and oxygen atoms in total. The van der Waals surface area contributed by atoms with Crippen LogP contribution in [0.15, 0.2) is 60.7 Å². The lowest BCUT2D eigenvalue weighted by atomic mass is 9.98. The molecule has 2 aromatic rings. The molecule has 0 radical (unpaired) electrons. The Morgan fingerprint density at radius 2 is 1.72 bits per heavy atom. The largest absolute Gasteiger partial charge is 0.467 e. The molecule has 0 aromatic heterocycles. The molecule has 2 aromatic carbocycles. The van der Waals surface area contributed by atoms with Crippen LogP contribution in [-0.2, 0) is 19.1 Å². The van der Waals surface area contributed by atoms with Crippen molar-refractivity contribution < 1.29 is 23.9 Å². The minimum absolute atomic E-state index is 0.0678. The Bertz CT molecular complexity index is 1000. The number of methoxy groups -OCH3 is 1. The van der Waals surface area contributed by atoms with E-state index in [9.17, 15) is 14.4 Å². The van der Waals surface area contributed by atoms with Gasteiger partial charge in [0.1, 0.15) is 18.7 Å². The highest BCUT2D eigenvalue weighted by atomic mass is 16.5. The Morgan fingerprint density at radius 1 is 1.06 bits per heavy atom. The first kappa shape index (κ1) is 21.6. The van der Waals surface area contributed by atoms with Crippen molar-refractivity contribution in [2.45, 2.75) is 37.3 Å². The lowest BCUT2D eigenvalue weighted by Gasteiger charge is -2.20. The van der Waals surface area contributed by atoms with E-state index in [2.05, 4.69) is 22.8 Å². The van der Waals surface area contributed by atoms with Gasteiger partial charge in [0.2, 0.25) is 5.91 Å². The zero-order valence-corrected chi connectivity index (χ0v) is 17.9. The van der Waals surface area contributed by atoms with Crippen LogP contribution in [0.5, 0.6) is 0 Å². The van der Waals surface area contributed by atoms with Crippen LogP contribution >= 0.6 is 0 Å². The summed E-state index contributed by atoms with van der Waals surface area (Å²) in [6.07, 6.45) is 4.63. The number of benzene rings is 2. The predicted octanol–water partition coefficient (Wildman–Crippen LogP) is 3.29. The molecule has 166 valence electrons. The predicted molar refractivity (Wildman–Crippen MR) is 119 cm³/mol. The Morgan fingerprint density at radius 3 is 2.38 bits per heavy atom. The van der Waals surface area contributed by atoms with E-state index >= 15 is 0 Å². The van der Waals surface area contributed by atoms with Gasteiger partial charge in [-0.2, -0.15) is 0 Å². The molecule has 0 unspecified atom stereocenters. The number of hydrogen-bond acceptors (Lipinski definition) is 5. The van der Waals surface area contributed by atoms with Gasteiger partial charge >= 0.3 is 12.1 Å². The standard InChI is InChI=1S/C25H26N2O5/c1-31-24(29)22-14-4-2-3-13-21(23(28)26-22)27-25(30)32-15-20-18-11-7-5-9-16(18)17-10-6-8-12-19(17)20/h3,5-13,20-22H,2,4,14-15H2,1H3,(H,26,28)(H,27,30)/b13-3-/t21-,22-/m0/s1. The molecule has 2 atom stereocenters. The molecule has 1 heterocycles. The van der Waals surface area contributed by atoms with Crippen LogP contribution in [0, 0.1) is 0 Å². The summed E-state index contributed by atoms with van der Waals surface area (Å²) in [7, 11) is 1.28. The second-order valence-electron chi connectivity index (χ2n) is 7.89. The fourth-order valence-corrected chi connectivity index (χ4v) is 4.29. The molecule has 2 aliphatic rings. The second kappa shape index (κ2) is 9.68. The van der Waals surface area contributed by atoms with Crippen molar-refractivity contribution in [1.82, 2.24) is 10.6 Å². The molecule has 0 bridgehead atoms. The van der Waals surface area contributed by atoms with Gasteiger partial charge in [0.15, 0.2) is 0 Å². The van der Waals surface area contributed by atoms with E-state index in [-0.39, 0.29) is 12.5 Å². The maximum atomic E-state index is 12.6. The van der Waals surface area contributed by atoms with E-state index < -0.39 is 30.1 Å². The monoisotopic (exact) mass is 434 g/mol. The molecule has 0 saturated heterocycles. The summed E-state index contributed by atoms with van der Waals surface area (Å²) in [6, 6.07) is 14.5. The molecule has 1 aliphatic carbocycles. The van der Waals surface area contributed by atoms with Crippen LogP contribution in [0.2, 0.25) is 0 Å². The summed E-state index contributed by atoms with van der Waals surface area (Å²) >= 11 is 0. The highest BCUT2D eigenvalue weighted by Crippen LogP contribution is 2.44. The van der Waals surface area contributed by atoms with Crippen molar-refractivity contribution >= 4 is 18.0 Å². The molecule has 0 saturated carbocycles. The molecular weight excluding hydrogens is 408 g/mol. The third-order valence-corrected chi connectivity index (χ3v) is 5.89. The van der Waals surface area contributed by atoms with Crippen LogP contribution in [0.1, 0.15) is 36.3 Å². The first-order chi connectivity index (χ1) is 15.6. The van der Waals surface area contributed by atoms with Gasteiger partial charge in [0, 0.05) is 5.92 Å². The molecule has 2 N–H and O–H groups in total. The summed E-state index contributed by atoms with van der Waals surface area (Å²) < 4.78 is 10.3. The van der Waals surface area contributed by atoms with E-state index in [1.165, 1.54) is 7.11 Å². The lowest BCUT2D eigenvalue weighted by molar-refractivity contribution is -0.145. The Hall–Kier alpha value is -3.61. The number of amides is 2. The van der Waals surface area contributed by atoms with Gasteiger partial charge in [0.25, 0.3) is 0 Å². The molecule has 0 fully saturated rings. The Labute approximate surface area is 186 Å². The number of nitrogens with one attached hydrogen (secondary N) is 2. The van der Waals surface area contributed by atoms with Crippen molar-refractivity contribution in [3.63, 3.8) is 0 Å². The first-order valence-corrected chi connectivity index (χ1v) is 10.7. The fraction of sp³-hybridized carbons (Fsp3) is 0.320. The SMILES string of the molecule is COC(=O)[C@@H]1CCC/C=C\[C@H](NC(=O)OCC2c3ccccc3-c3ccccc32)C(=O)N1. The topological polar surface area (TPSA) is 93.7 Å². The summed E-state index contributed by atoms with van der Waals surface area (Å²) in [6.45, 7) is 0.155. The van der Waals surface area contributed by atoms with Gasteiger partial charge in [-0.05, 0) is 41.5 Å². The van der Waals surface area contributed by atoms with Crippen LogP contribution in [-0.4, -0.2) is 43.8 Å². The summed E-state index contributed by atoms with van der Waals surface area (Å²) in [4.78, 5) is 37.1. The van der Waals surface area contributed by atoms with Crippen LogP contribution in [0.25, 0.3) is 11.1 Å². The summed E-state index contributed by atoms with van der Waals surface area (Å²) in [5.74, 6) is -1.05. The summed E-state index contributed by atoms with van der Waals surface area (Å²) in [5.41, 5.74) is 4.51. The third kappa shape index (κ3) is 4.51. The molecule has 1 aliphatic heterocycles. The molecular formula is C25H26N2O5. The maximum Gasteiger partial charge on any atom is 0.408 e. The van der Waals surface area contributed by atoms with E-state index in [1.54, 1.807) is 6.08 Å². The number of rotatable bonds is 4. The van der Waals surface area contributed by atoms with E-state index in [0.29, 0.717) is 19.3 Å². The fourth-order valence-electron chi connectivity index (χ4n) is 4.29. The van der Waals surface area contributed by atoms with Crippen LogP contribution in [0.4, 0.5) is 4.79 Å². The van der Waals surface area contributed by atoms with Crippen LogP contribution < -0.4 is 10.6 Å². The smallest absolute Gasteiger partial charge is 0.408 e. The molecule has 0 spiro atoms. The maximum absolute atomic E-state index is 12.6. The van der Waals surface area contributed by atoms with Gasteiger partial charge in [-0.25, -0.2) is 9.59 Å². The number of carbonyl (C=O) groups excluding carboxylic acids is 3. The highest BCUT2D eigenvalue weighted by molar-refractivity contribution is 5.91. The van der Waals surface area contributed by atoms with Gasteiger partial charge in [-0.1, -0.05) is 60.7 Å². The number of fused-ring (bicyclic) bond motifs is 3. The van der Waals surface area contributed by atoms with E-state index in [4.69, 9.17) is 9.47 Å².